The maximum atomic E-state index is 11.7. The number of carbonyl (C=O) groups excluding carboxylic acids is 1. The van der Waals surface area contributed by atoms with E-state index in [4.69, 9.17) is 10.1 Å². The fourth-order valence-electron chi connectivity index (χ4n) is 1.42. The summed E-state index contributed by atoms with van der Waals surface area (Å²) in [5.74, 6) is 0.00811. The predicted octanol–water partition coefficient (Wildman–Crippen LogP) is 0.743. The molecule has 1 aliphatic heterocycles. The number of methoxy groups -OCH3 is 1. The van der Waals surface area contributed by atoms with E-state index in [0.29, 0.717) is 16.4 Å². The van der Waals surface area contributed by atoms with Gasteiger partial charge in [-0.05, 0) is 0 Å². The standard InChI is InChI=1S/C9H11N3O2S/c1-12-4-3-5-6(9(12)13)15-8(11-5)7(10)14-2/h10H,3-4H2,1-2H3. The van der Waals surface area contributed by atoms with E-state index >= 15 is 0 Å². The smallest absolute Gasteiger partial charge is 0.265 e. The molecular formula is C9H11N3O2S. The van der Waals surface area contributed by atoms with Gasteiger partial charge < -0.3 is 9.64 Å². The van der Waals surface area contributed by atoms with Crippen molar-refractivity contribution in [3.8, 4) is 0 Å². The number of nitrogens with one attached hydrogen (secondary N) is 1. The number of hydrogen-bond donors (Lipinski definition) is 1. The van der Waals surface area contributed by atoms with Gasteiger partial charge in [0.1, 0.15) is 4.88 Å². The molecule has 15 heavy (non-hydrogen) atoms. The van der Waals surface area contributed by atoms with Crippen LogP contribution in [0.4, 0.5) is 0 Å². The molecule has 0 bridgehead atoms. The normalized spacial score (nSPS) is 15.1. The van der Waals surface area contributed by atoms with Crippen LogP contribution in [0.15, 0.2) is 0 Å². The van der Waals surface area contributed by atoms with Gasteiger partial charge in [0.25, 0.3) is 5.91 Å². The Morgan fingerprint density at radius 2 is 2.40 bits per heavy atom. The van der Waals surface area contributed by atoms with Crippen molar-refractivity contribution in [2.75, 3.05) is 20.7 Å². The molecule has 0 spiro atoms. The molecule has 0 unspecified atom stereocenters. The van der Waals surface area contributed by atoms with E-state index in [1.54, 1.807) is 11.9 Å². The zero-order chi connectivity index (χ0) is 11.0. The zero-order valence-electron chi connectivity index (χ0n) is 8.53. The monoisotopic (exact) mass is 225 g/mol. The number of nitrogens with zero attached hydrogens (tertiary/aromatic N) is 2. The Morgan fingerprint density at radius 1 is 1.67 bits per heavy atom. The van der Waals surface area contributed by atoms with E-state index in [-0.39, 0.29) is 11.8 Å². The maximum Gasteiger partial charge on any atom is 0.265 e. The van der Waals surface area contributed by atoms with Gasteiger partial charge in [-0.15, -0.1) is 11.3 Å². The highest BCUT2D eigenvalue weighted by Crippen LogP contribution is 2.24. The molecule has 0 fully saturated rings. The third-order valence-corrected chi connectivity index (χ3v) is 3.41. The summed E-state index contributed by atoms with van der Waals surface area (Å²) in [5.41, 5.74) is 0.792. The number of ether oxygens (including phenoxy) is 1. The molecule has 0 atom stereocenters. The summed E-state index contributed by atoms with van der Waals surface area (Å²) in [6.07, 6.45) is 0.755. The molecule has 0 aromatic carbocycles. The van der Waals surface area contributed by atoms with Gasteiger partial charge >= 0.3 is 0 Å². The van der Waals surface area contributed by atoms with Crippen molar-refractivity contribution in [1.29, 1.82) is 5.41 Å². The van der Waals surface area contributed by atoms with E-state index in [1.807, 2.05) is 0 Å². The molecule has 0 saturated heterocycles. The Hall–Kier alpha value is -1.43. The largest absolute Gasteiger partial charge is 0.479 e. The van der Waals surface area contributed by atoms with Gasteiger partial charge in [-0.1, -0.05) is 0 Å². The lowest BCUT2D eigenvalue weighted by Crippen LogP contribution is -2.33. The topological polar surface area (TPSA) is 66.3 Å². The average Bonchev–Trinajstić information content (AvgIpc) is 2.67. The van der Waals surface area contributed by atoms with Crippen LogP contribution in [0, 0.1) is 5.41 Å². The highest BCUT2D eigenvalue weighted by atomic mass is 32.1. The molecule has 2 heterocycles. The van der Waals surface area contributed by atoms with E-state index in [2.05, 4.69) is 4.98 Å². The molecule has 0 aliphatic carbocycles. The van der Waals surface area contributed by atoms with Gasteiger partial charge in [-0.2, -0.15) is 0 Å². The predicted molar refractivity (Wildman–Crippen MR) is 56.6 cm³/mol. The molecule has 1 amide bonds. The Bertz CT molecular complexity index is 427. The molecule has 1 aromatic heterocycles. The molecular weight excluding hydrogens is 214 g/mol. The van der Waals surface area contributed by atoms with Crippen LogP contribution in [-0.4, -0.2) is 42.4 Å². The lowest BCUT2D eigenvalue weighted by Gasteiger charge is -2.20. The van der Waals surface area contributed by atoms with E-state index in [9.17, 15) is 4.79 Å². The Morgan fingerprint density at radius 3 is 3.07 bits per heavy atom. The van der Waals surface area contributed by atoms with Crippen LogP contribution in [0.1, 0.15) is 20.4 Å². The molecule has 0 radical (unpaired) electrons. The van der Waals surface area contributed by atoms with E-state index < -0.39 is 0 Å². The number of thiazole rings is 1. The molecule has 1 aromatic rings. The van der Waals surface area contributed by atoms with Gasteiger partial charge in [0.2, 0.25) is 5.90 Å². The fraction of sp³-hybridized carbons (Fsp3) is 0.444. The van der Waals surface area contributed by atoms with Gasteiger partial charge in [-0.25, -0.2) is 4.98 Å². The molecule has 6 heteroatoms. The second-order valence-corrected chi connectivity index (χ2v) is 4.30. The third-order valence-electron chi connectivity index (χ3n) is 2.32. The van der Waals surface area contributed by atoms with Gasteiger partial charge in [0.15, 0.2) is 5.01 Å². The lowest BCUT2D eigenvalue weighted by molar-refractivity contribution is 0.0785. The van der Waals surface area contributed by atoms with Crippen LogP contribution >= 0.6 is 11.3 Å². The number of carbonyl (C=O) groups is 1. The summed E-state index contributed by atoms with van der Waals surface area (Å²) >= 11 is 1.23. The zero-order valence-corrected chi connectivity index (χ0v) is 9.35. The first-order valence-corrected chi connectivity index (χ1v) is 5.33. The first kappa shape index (κ1) is 10.1. The fourth-order valence-corrected chi connectivity index (χ4v) is 2.46. The van der Waals surface area contributed by atoms with Crippen molar-refractivity contribution >= 4 is 23.1 Å². The molecule has 80 valence electrons. The first-order chi connectivity index (χ1) is 7.13. The molecule has 5 nitrogen and oxygen atoms in total. The average molecular weight is 225 g/mol. The summed E-state index contributed by atoms with van der Waals surface area (Å²) in [6, 6.07) is 0. The minimum atomic E-state index is -0.0103. The second-order valence-electron chi connectivity index (χ2n) is 3.30. The highest BCUT2D eigenvalue weighted by molar-refractivity contribution is 7.15. The van der Waals surface area contributed by atoms with Crippen LogP contribution in [-0.2, 0) is 11.2 Å². The number of amides is 1. The Labute approximate surface area is 91.2 Å². The number of aromatic nitrogens is 1. The van der Waals surface area contributed by atoms with Crippen LogP contribution in [0.25, 0.3) is 0 Å². The van der Waals surface area contributed by atoms with E-state index in [1.165, 1.54) is 18.4 Å². The van der Waals surface area contributed by atoms with Gasteiger partial charge in [0, 0.05) is 20.0 Å². The molecule has 1 N–H and O–H groups in total. The van der Waals surface area contributed by atoms with Gasteiger partial charge in [0.05, 0.1) is 12.8 Å². The summed E-state index contributed by atoms with van der Waals surface area (Å²) < 4.78 is 4.78. The third kappa shape index (κ3) is 1.61. The second kappa shape index (κ2) is 3.62. The Kier molecular flexibility index (Phi) is 2.44. The summed E-state index contributed by atoms with van der Waals surface area (Å²) in [6.45, 7) is 0.690. The number of likely N-dealkylation sites (N-methyl/N-ethyl adjacent to an activating group) is 1. The molecule has 1 aliphatic rings. The Balaban J connectivity index is 2.39. The van der Waals surface area contributed by atoms with Crippen LogP contribution in [0.3, 0.4) is 0 Å². The molecule has 0 saturated carbocycles. The summed E-state index contributed by atoms with van der Waals surface area (Å²) in [4.78, 5) is 18.3. The highest BCUT2D eigenvalue weighted by Gasteiger charge is 2.26. The van der Waals surface area contributed by atoms with E-state index in [0.717, 1.165) is 12.1 Å². The maximum absolute atomic E-state index is 11.7. The number of fused-ring (bicyclic) bond motifs is 1. The van der Waals surface area contributed by atoms with Crippen molar-refractivity contribution in [2.24, 2.45) is 0 Å². The summed E-state index contributed by atoms with van der Waals surface area (Å²) in [5, 5.41) is 7.95. The quantitative estimate of drug-likeness (QED) is 0.566. The van der Waals surface area contributed by atoms with Crippen molar-refractivity contribution in [3.05, 3.63) is 15.6 Å². The number of hydrogen-bond acceptors (Lipinski definition) is 5. The van der Waals surface area contributed by atoms with Crippen LogP contribution in [0.2, 0.25) is 0 Å². The van der Waals surface area contributed by atoms with Crippen molar-refractivity contribution < 1.29 is 9.53 Å². The van der Waals surface area contributed by atoms with Crippen LogP contribution < -0.4 is 0 Å². The van der Waals surface area contributed by atoms with Crippen molar-refractivity contribution in [2.45, 2.75) is 6.42 Å². The first-order valence-electron chi connectivity index (χ1n) is 4.51. The number of rotatable bonds is 1. The minimum absolute atomic E-state index is 0.0103. The van der Waals surface area contributed by atoms with Crippen molar-refractivity contribution in [3.63, 3.8) is 0 Å². The SMILES string of the molecule is COC(=N)c1nc2c(s1)C(=O)N(C)CC2. The minimum Gasteiger partial charge on any atom is -0.479 e. The summed E-state index contributed by atoms with van der Waals surface area (Å²) in [7, 11) is 3.20. The van der Waals surface area contributed by atoms with Crippen LogP contribution in [0.5, 0.6) is 0 Å². The molecule has 2 rings (SSSR count). The van der Waals surface area contributed by atoms with Crippen molar-refractivity contribution in [1.82, 2.24) is 9.88 Å². The lowest BCUT2D eigenvalue weighted by atomic mass is 10.2. The van der Waals surface area contributed by atoms with Gasteiger partial charge in [-0.3, -0.25) is 10.2 Å².